The minimum atomic E-state index is -1.32. The number of hydrogen-bond donors (Lipinski definition) is 4. The highest BCUT2D eigenvalue weighted by atomic mass is 16.4. The Kier molecular flexibility index (Phi) is 5.40. The van der Waals surface area contributed by atoms with E-state index >= 15 is 0 Å². The van der Waals surface area contributed by atoms with Gasteiger partial charge in [-0.3, -0.25) is 9.59 Å². The molecule has 2 amide bonds. The van der Waals surface area contributed by atoms with Crippen molar-refractivity contribution in [3.8, 4) is 0 Å². The highest BCUT2D eigenvalue weighted by molar-refractivity contribution is 6.06. The first kappa shape index (κ1) is 19.4. The van der Waals surface area contributed by atoms with Gasteiger partial charge in [-0.25, -0.2) is 9.59 Å². The van der Waals surface area contributed by atoms with Gasteiger partial charge in [0.1, 0.15) is 0 Å². The lowest BCUT2D eigenvalue weighted by Crippen LogP contribution is -2.14. The summed E-state index contributed by atoms with van der Waals surface area (Å²) in [6, 6.07) is 12.3. The molecule has 1 aromatic heterocycles. The van der Waals surface area contributed by atoms with Crippen molar-refractivity contribution in [2.45, 2.75) is 0 Å². The number of anilines is 2. The molecule has 3 rings (SSSR count). The van der Waals surface area contributed by atoms with Gasteiger partial charge in [0.15, 0.2) is 5.76 Å². The Balaban J connectivity index is 1.73. The van der Waals surface area contributed by atoms with Crippen molar-refractivity contribution in [1.82, 2.24) is 0 Å². The number of carboxylic acids is 2. The molecule has 0 aliphatic heterocycles. The molecule has 0 bridgehead atoms. The lowest BCUT2D eigenvalue weighted by Gasteiger charge is -2.09. The number of carbonyl (C=O) groups is 4. The van der Waals surface area contributed by atoms with Crippen LogP contribution in [0.2, 0.25) is 0 Å². The van der Waals surface area contributed by atoms with Crippen LogP contribution >= 0.6 is 0 Å². The van der Waals surface area contributed by atoms with E-state index in [-0.39, 0.29) is 28.1 Å². The number of benzene rings is 2. The van der Waals surface area contributed by atoms with Crippen LogP contribution in [0, 0.1) is 0 Å². The van der Waals surface area contributed by atoms with Gasteiger partial charge < -0.3 is 25.3 Å². The summed E-state index contributed by atoms with van der Waals surface area (Å²) in [5, 5.41) is 23.3. The number of aromatic carboxylic acids is 2. The van der Waals surface area contributed by atoms with Gasteiger partial charge in [0.2, 0.25) is 0 Å². The average molecular weight is 394 g/mol. The van der Waals surface area contributed by atoms with E-state index in [0.29, 0.717) is 5.69 Å². The molecule has 3 aromatic rings. The molecule has 2 aromatic carbocycles. The molecular weight excluding hydrogens is 380 g/mol. The summed E-state index contributed by atoms with van der Waals surface area (Å²) in [4.78, 5) is 46.6. The van der Waals surface area contributed by atoms with Crippen LogP contribution in [-0.4, -0.2) is 34.0 Å². The van der Waals surface area contributed by atoms with Gasteiger partial charge >= 0.3 is 11.9 Å². The Morgan fingerprint density at radius 3 is 1.79 bits per heavy atom. The molecular formula is C20H14N2O7. The molecule has 0 radical (unpaired) electrons. The maximum atomic E-state index is 12.4. The van der Waals surface area contributed by atoms with E-state index in [1.54, 1.807) is 6.07 Å². The van der Waals surface area contributed by atoms with Crippen molar-refractivity contribution in [3.05, 3.63) is 83.3 Å². The fraction of sp³-hybridized carbons (Fsp3) is 0. The Labute approximate surface area is 163 Å². The predicted molar refractivity (Wildman–Crippen MR) is 101 cm³/mol. The molecule has 0 spiro atoms. The molecule has 0 unspecified atom stereocenters. The van der Waals surface area contributed by atoms with Crippen LogP contribution in [0.5, 0.6) is 0 Å². The van der Waals surface area contributed by atoms with Crippen molar-refractivity contribution in [2.75, 3.05) is 10.6 Å². The zero-order valence-corrected chi connectivity index (χ0v) is 14.7. The monoisotopic (exact) mass is 394 g/mol. The van der Waals surface area contributed by atoms with Crippen LogP contribution in [0.1, 0.15) is 41.6 Å². The highest BCUT2D eigenvalue weighted by Crippen LogP contribution is 2.18. The number of amides is 2. The zero-order valence-electron chi connectivity index (χ0n) is 14.7. The molecule has 9 heteroatoms. The number of carboxylic acid groups (broad SMARTS) is 2. The Bertz CT molecular complexity index is 1050. The number of rotatable bonds is 6. The summed E-state index contributed by atoms with van der Waals surface area (Å²) in [6.45, 7) is 0. The fourth-order valence-electron chi connectivity index (χ4n) is 2.46. The first-order valence-electron chi connectivity index (χ1n) is 8.21. The average Bonchev–Trinajstić information content (AvgIpc) is 3.23. The molecule has 0 atom stereocenters. The van der Waals surface area contributed by atoms with Gasteiger partial charge in [-0.05, 0) is 54.6 Å². The minimum absolute atomic E-state index is 0.0301. The second-order valence-corrected chi connectivity index (χ2v) is 5.87. The van der Waals surface area contributed by atoms with Gasteiger partial charge in [0.05, 0.1) is 17.4 Å². The summed E-state index contributed by atoms with van der Waals surface area (Å²) in [5.41, 5.74) is 0.150. The van der Waals surface area contributed by atoms with Crippen molar-refractivity contribution >= 4 is 35.1 Å². The summed E-state index contributed by atoms with van der Waals surface area (Å²) in [6.07, 6.45) is 1.37. The largest absolute Gasteiger partial charge is 0.478 e. The summed E-state index contributed by atoms with van der Waals surface area (Å²) < 4.78 is 4.99. The van der Waals surface area contributed by atoms with Crippen molar-refractivity contribution < 1.29 is 33.8 Å². The maximum absolute atomic E-state index is 12.4. The summed E-state index contributed by atoms with van der Waals surface area (Å²) in [5.74, 6) is -3.52. The molecule has 0 saturated heterocycles. The highest BCUT2D eigenvalue weighted by Gasteiger charge is 2.14. The first-order valence-corrected chi connectivity index (χ1v) is 8.21. The third kappa shape index (κ3) is 4.66. The Hall–Kier alpha value is -4.40. The van der Waals surface area contributed by atoms with E-state index in [0.717, 1.165) is 18.2 Å². The smallest absolute Gasteiger partial charge is 0.335 e. The van der Waals surface area contributed by atoms with Crippen molar-refractivity contribution in [1.29, 1.82) is 0 Å². The van der Waals surface area contributed by atoms with E-state index in [2.05, 4.69) is 10.6 Å². The number of nitrogens with one attached hydrogen (secondary N) is 2. The van der Waals surface area contributed by atoms with E-state index in [1.165, 1.54) is 36.6 Å². The van der Waals surface area contributed by atoms with Crippen molar-refractivity contribution in [3.63, 3.8) is 0 Å². The molecule has 4 N–H and O–H groups in total. The van der Waals surface area contributed by atoms with Gasteiger partial charge in [-0.15, -0.1) is 0 Å². The van der Waals surface area contributed by atoms with Gasteiger partial charge in [-0.1, -0.05) is 0 Å². The fourth-order valence-corrected chi connectivity index (χ4v) is 2.46. The number of carbonyl (C=O) groups excluding carboxylic acids is 2. The van der Waals surface area contributed by atoms with E-state index in [4.69, 9.17) is 14.6 Å². The number of hydrogen-bond acceptors (Lipinski definition) is 5. The van der Waals surface area contributed by atoms with Crippen LogP contribution in [-0.2, 0) is 0 Å². The summed E-state index contributed by atoms with van der Waals surface area (Å²) >= 11 is 0. The second kappa shape index (κ2) is 8.09. The molecule has 1 heterocycles. The quantitative estimate of drug-likeness (QED) is 0.502. The molecule has 146 valence electrons. The summed E-state index contributed by atoms with van der Waals surface area (Å²) in [7, 11) is 0. The van der Waals surface area contributed by atoms with Crippen LogP contribution in [0.25, 0.3) is 0 Å². The van der Waals surface area contributed by atoms with E-state index in [1.807, 2.05) is 0 Å². The Morgan fingerprint density at radius 2 is 1.28 bits per heavy atom. The third-order valence-electron chi connectivity index (χ3n) is 3.83. The van der Waals surface area contributed by atoms with Crippen molar-refractivity contribution in [2.24, 2.45) is 0 Å². The molecule has 0 fully saturated rings. The van der Waals surface area contributed by atoms with E-state index in [9.17, 15) is 19.2 Å². The SMILES string of the molecule is O=C(O)c1cc(NC(=O)c2ccc(NC(=O)c3ccco3)cc2)cc(C(=O)O)c1. The third-order valence-corrected chi connectivity index (χ3v) is 3.83. The standard InChI is InChI=1S/C20H14N2O7/c23-17(22-15-9-12(19(25)26)8-13(10-15)20(27)28)11-3-5-14(6-4-11)21-18(24)16-2-1-7-29-16/h1-10H,(H,21,24)(H,22,23)(H,25,26)(H,27,28). The predicted octanol–water partition coefficient (Wildman–Crippen LogP) is 3.18. The second-order valence-electron chi connectivity index (χ2n) is 5.87. The Morgan fingerprint density at radius 1 is 0.690 bits per heavy atom. The van der Waals surface area contributed by atoms with Crippen LogP contribution in [0.3, 0.4) is 0 Å². The van der Waals surface area contributed by atoms with E-state index < -0.39 is 23.8 Å². The van der Waals surface area contributed by atoms with Gasteiger partial charge in [-0.2, -0.15) is 0 Å². The zero-order chi connectivity index (χ0) is 21.0. The normalized spacial score (nSPS) is 10.2. The molecule has 0 aliphatic carbocycles. The van der Waals surface area contributed by atoms with Gasteiger partial charge in [0.25, 0.3) is 11.8 Å². The molecule has 9 nitrogen and oxygen atoms in total. The topological polar surface area (TPSA) is 146 Å². The van der Waals surface area contributed by atoms with Gasteiger partial charge in [0, 0.05) is 16.9 Å². The minimum Gasteiger partial charge on any atom is -0.478 e. The lowest BCUT2D eigenvalue weighted by molar-refractivity contribution is 0.0696. The van der Waals surface area contributed by atoms with Crippen LogP contribution < -0.4 is 10.6 Å². The molecule has 0 saturated carbocycles. The van der Waals surface area contributed by atoms with Crippen LogP contribution in [0.15, 0.2) is 65.3 Å². The number of furan rings is 1. The lowest BCUT2D eigenvalue weighted by atomic mass is 10.1. The maximum Gasteiger partial charge on any atom is 0.335 e. The molecule has 0 aliphatic rings. The van der Waals surface area contributed by atoms with Crippen LogP contribution in [0.4, 0.5) is 11.4 Å². The molecule has 29 heavy (non-hydrogen) atoms. The first-order chi connectivity index (χ1) is 13.8.